The molecule has 2 aromatic rings. The highest BCUT2D eigenvalue weighted by molar-refractivity contribution is 5.65. The van der Waals surface area contributed by atoms with Crippen LogP contribution in [0.4, 0.5) is 30.6 Å². The number of para-hydroxylation sites is 1. The molecule has 0 atom stereocenters. The molecule has 0 radical (unpaired) electrons. The third-order valence-electron chi connectivity index (χ3n) is 2.94. The smallest absolute Gasteiger partial charge is 0.396 e. The van der Waals surface area contributed by atoms with Crippen LogP contribution in [-0.2, 0) is 6.18 Å². The van der Waals surface area contributed by atoms with Crippen LogP contribution in [-0.4, -0.2) is 28.2 Å². The number of benzene rings is 1. The minimum atomic E-state index is -4.64. The molecule has 0 aliphatic rings. The van der Waals surface area contributed by atoms with Gasteiger partial charge in [0.25, 0.3) is 0 Å². The van der Waals surface area contributed by atoms with Crippen molar-refractivity contribution in [2.75, 3.05) is 23.8 Å². The second kappa shape index (κ2) is 7.61. The summed E-state index contributed by atoms with van der Waals surface area (Å²) in [6.07, 6.45) is -4.29. The quantitative estimate of drug-likeness (QED) is 0.702. The lowest BCUT2D eigenvalue weighted by atomic mass is 10.2. The van der Waals surface area contributed by atoms with E-state index in [4.69, 9.17) is 10.4 Å². The first-order chi connectivity index (χ1) is 11.4. The number of nitriles is 1. The van der Waals surface area contributed by atoms with E-state index >= 15 is 0 Å². The van der Waals surface area contributed by atoms with Crippen molar-refractivity contribution in [1.82, 2.24) is 9.97 Å². The monoisotopic (exact) mass is 337 g/mol. The third kappa shape index (κ3) is 4.57. The van der Waals surface area contributed by atoms with E-state index in [2.05, 4.69) is 20.6 Å². The molecule has 9 heteroatoms. The van der Waals surface area contributed by atoms with Crippen LogP contribution in [0.15, 0.2) is 30.3 Å². The number of aliphatic hydroxyl groups excluding tert-OH is 1. The molecule has 0 bridgehead atoms. The van der Waals surface area contributed by atoms with Gasteiger partial charge >= 0.3 is 6.18 Å². The molecular formula is C15H14F3N5O. The maximum atomic E-state index is 13.0. The average molecular weight is 337 g/mol. The van der Waals surface area contributed by atoms with Crippen LogP contribution >= 0.6 is 0 Å². The fourth-order valence-electron chi connectivity index (χ4n) is 1.84. The lowest BCUT2D eigenvalue weighted by Crippen LogP contribution is -2.14. The van der Waals surface area contributed by atoms with Crippen LogP contribution in [0.5, 0.6) is 0 Å². The zero-order valence-corrected chi connectivity index (χ0v) is 12.4. The molecule has 1 heterocycles. The van der Waals surface area contributed by atoms with E-state index in [-0.39, 0.29) is 30.5 Å². The number of hydrogen-bond donors (Lipinski definition) is 3. The molecule has 6 nitrogen and oxygen atoms in total. The largest absolute Gasteiger partial charge is 0.433 e. The summed E-state index contributed by atoms with van der Waals surface area (Å²) in [5.41, 5.74) is -0.492. The van der Waals surface area contributed by atoms with Gasteiger partial charge in [-0.15, -0.1) is 0 Å². The van der Waals surface area contributed by atoms with Crippen LogP contribution < -0.4 is 10.6 Å². The number of hydrogen-bond acceptors (Lipinski definition) is 6. The third-order valence-corrected chi connectivity index (χ3v) is 2.94. The first-order valence-electron chi connectivity index (χ1n) is 7.01. The minimum Gasteiger partial charge on any atom is -0.396 e. The zero-order chi connectivity index (χ0) is 17.6. The molecule has 0 saturated carbocycles. The Hall–Kier alpha value is -2.86. The van der Waals surface area contributed by atoms with Crippen molar-refractivity contribution in [2.45, 2.75) is 12.6 Å². The SMILES string of the molecule is N#Cc1ccccc1Nc1cc(C(F)(F)F)nc(NCCCO)n1. The van der Waals surface area contributed by atoms with Gasteiger partial charge in [-0.2, -0.15) is 23.4 Å². The van der Waals surface area contributed by atoms with Gasteiger partial charge in [0.15, 0.2) is 5.69 Å². The highest BCUT2D eigenvalue weighted by atomic mass is 19.4. The molecule has 2 rings (SSSR count). The Balaban J connectivity index is 2.34. The summed E-state index contributed by atoms with van der Waals surface area (Å²) in [7, 11) is 0. The van der Waals surface area contributed by atoms with Crippen molar-refractivity contribution in [1.29, 1.82) is 5.26 Å². The normalized spacial score (nSPS) is 11.0. The van der Waals surface area contributed by atoms with Crippen LogP contribution in [0.3, 0.4) is 0 Å². The lowest BCUT2D eigenvalue weighted by Gasteiger charge is -2.13. The molecule has 0 saturated heterocycles. The standard InChI is InChI=1S/C15H14F3N5O/c16-15(17,18)12-8-13(23-14(22-12)20-6-3-7-24)21-11-5-2-1-4-10(11)9-19/h1-2,4-5,8,24H,3,6-7H2,(H2,20,21,22,23). The first kappa shape index (κ1) is 17.5. The first-order valence-corrected chi connectivity index (χ1v) is 7.01. The van der Waals surface area contributed by atoms with Gasteiger partial charge in [-0.05, 0) is 18.6 Å². The van der Waals surface area contributed by atoms with Crippen LogP contribution in [0.1, 0.15) is 17.7 Å². The fourth-order valence-corrected chi connectivity index (χ4v) is 1.84. The molecule has 1 aromatic heterocycles. The second-order valence-corrected chi connectivity index (χ2v) is 4.75. The molecule has 0 aliphatic carbocycles. The average Bonchev–Trinajstić information content (AvgIpc) is 2.54. The number of halogens is 3. The summed E-state index contributed by atoms with van der Waals surface area (Å²) in [5, 5.41) is 23.1. The van der Waals surface area contributed by atoms with Gasteiger partial charge in [-0.3, -0.25) is 0 Å². The molecular weight excluding hydrogens is 323 g/mol. The molecule has 0 unspecified atom stereocenters. The van der Waals surface area contributed by atoms with E-state index < -0.39 is 11.9 Å². The number of anilines is 3. The molecule has 0 fully saturated rings. The highest BCUT2D eigenvalue weighted by Gasteiger charge is 2.33. The predicted octanol–water partition coefficient (Wildman–Crippen LogP) is 2.90. The summed E-state index contributed by atoms with van der Waals surface area (Å²) in [5.74, 6) is -0.304. The van der Waals surface area contributed by atoms with E-state index in [1.165, 1.54) is 6.07 Å². The number of aliphatic hydroxyl groups is 1. The van der Waals surface area contributed by atoms with E-state index in [0.717, 1.165) is 6.07 Å². The van der Waals surface area contributed by atoms with Crippen molar-refractivity contribution in [2.24, 2.45) is 0 Å². The van der Waals surface area contributed by atoms with E-state index in [0.29, 0.717) is 12.1 Å². The Morgan fingerprint density at radius 1 is 1.21 bits per heavy atom. The van der Waals surface area contributed by atoms with Gasteiger partial charge < -0.3 is 15.7 Å². The number of nitrogens with zero attached hydrogens (tertiary/aromatic N) is 3. The molecule has 0 spiro atoms. The van der Waals surface area contributed by atoms with E-state index in [1.807, 2.05) is 6.07 Å². The van der Waals surface area contributed by atoms with Crippen molar-refractivity contribution in [3.05, 3.63) is 41.6 Å². The Morgan fingerprint density at radius 3 is 2.62 bits per heavy atom. The van der Waals surface area contributed by atoms with Crippen molar-refractivity contribution < 1.29 is 18.3 Å². The van der Waals surface area contributed by atoms with Gasteiger partial charge in [-0.25, -0.2) is 4.98 Å². The Bertz CT molecular complexity index is 743. The van der Waals surface area contributed by atoms with Crippen molar-refractivity contribution >= 4 is 17.5 Å². The number of aromatic nitrogens is 2. The topological polar surface area (TPSA) is 93.9 Å². The molecule has 3 N–H and O–H groups in total. The Kier molecular flexibility index (Phi) is 5.55. The predicted molar refractivity (Wildman–Crippen MR) is 81.7 cm³/mol. The summed E-state index contributed by atoms with van der Waals surface area (Å²) in [4.78, 5) is 7.39. The lowest BCUT2D eigenvalue weighted by molar-refractivity contribution is -0.141. The Labute approximate surface area is 136 Å². The number of rotatable bonds is 6. The van der Waals surface area contributed by atoms with Gasteiger partial charge in [-0.1, -0.05) is 12.1 Å². The van der Waals surface area contributed by atoms with Gasteiger partial charge in [0.1, 0.15) is 11.9 Å². The second-order valence-electron chi connectivity index (χ2n) is 4.75. The van der Waals surface area contributed by atoms with E-state index in [1.54, 1.807) is 18.2 Å². The molecule has 24 heavy (non-hydrogen) atoms. The highest BCUT2D eigenvalue weighted by Crippen LogP contribution is 2.30. The number of nitrogens with one attached hydrogen (secondary N) is 2. The maximum Gasteiger partial charge on any atom is 0.433 e. The zero-order valence-electron chi connectivity index (χ0n) is 12.4. The maximum absolute atomic E-state index is 13.0. The fraction of sp³-hybridized carbons (Fsp3) is 0.267. The summed E-state index contributed by atoms with van der Waals surface area (Å²) in [6, 6.07) is 9.11. The molecule has 1 aromatic carbocycles. The van der Waals surface area contributed by atoms with Crippen LogP contribution in [0.2, 0.25) is 0 Å². The molecule has 0 aliphatic heterocycles. The summed E-state index contributed by atoms with van der Waals surface area (Å²) in [6.45, 7) is 0.124. The molecule has 0 amide bonds. The Morgan fingerprint density at radius 2 is 1.96 bits per heavy atom. The van der Waals surface area contributed by atoms with Gasteiger partial charge in [0.05, 0.1) is 11.3 Å². The van der Waals surface area contributed by atoms with E-state index in [9.17, 15) is 13.2 Å². The van der Waals surface area contributed by atoms with Crippen molar-refractivity contribution in [3.63, 3.8) is 0 Å². The van der Waals surface area contributed by atoms with Crippen LogP contribution in [0.25, 0.3) is 0 Å². The number of alkyl halides is 3. The van der Waals surface area contributed by atoms with Gasteiger partial charge in [0.2, 0.25) is 5.95 Å². The van der Waals surface area contributed by atoms with Gasteiger partial charge in [0, 0.05) is 19.2 Å². The summed E-state index contributed by atoms with van der Waals surface area (Å²) < 4.78 is 38.9. The van der Waals surface area contributed by atoms with Crippen LogP contribution in [0, 0.1) is 11.3 Å². The minimum absolute atomic E-state index is 0.0912. The molecule has 126 valence electrons. The summed E-state index contributed by atoms with van der Waals surface area (Å²) >= 11 is 0. The van der Waals surface area contributed by atoms with Crippen molar-refractivity contribution in [3.8, 4) is 6.07 Å².